The topological polar surface area (TPSA) is 92.4 Å². The standard InChI is InChI=1S/C18H22FN7O2/c1-23-7-9-25(10-8-23)22-17-20-15-14(16(27)21-18(28)24(15)2)26(17)11-12-3-5-13(19)6-4-12/h3-6H,7-11H2,1-2H3,(H,20,22)(H,21,27,28)/p+1. The number of aryl methyl sites for hydroxylation is 1. The van der Waals surface area contributed by atoms with E-state index in [4.69, 9.17) is 0 Å². The molecule has 0 unspecified atom stereocenters. The van der Waals surface area contributed by atoms with E-state index in [-0.39, 0.29) is 5.82 Å². The molecule has 3 N–H and O–H groups in total. The minimum atomic E-state index is -0.515. The van der Waals surface area contributed by atoms with Crippen molar-refractivity contribution in [1.29, 1.82) is 0 Å². The number of hydrogen-bond donors (Lipinski definition) is 3. The van der Waals surface area contributed by atoms with Crippen LogP contribution in [0.25, 0.3) is 11.2 Å². The molecule has 0 atom stereocenters. The van der Waals surface area contributed by atoms with Crippen molar-refractivity contribution in [2.24, 2.45) is 7.05 Å². The van der Waals surface area contributed by atoms with E-state index in [2.05, 4.69) is 27.5 Å². The summed E-state index contributed by atoms with van der Waals surface area (Å²) >= 11 is 0. The Morgan fingerprint density at radius 3 is 2.57 bits per heavy atom. The van der Waals surface area contributed by atoms with Gasteiger partial charge in [0, 0.05) is 7.05 Å². The van der Waals surface area contributed by atoms with Crippen molar-refractivity contribution >= 4 is 17.1 Å². The number of nitrogens with zero attached hydrogens (tertiary/aromatic N) is 4. The van der Waals surface area contributed by atoms with Crippen LogP contribution in [0, 0.1) is 5.82 Å². The number of anilines is 1. The molecule has 0 aliphatic carbocycles. The van der Waals surface area contributed by atoms with Crippen LogP contribution in [0.5, 0.6) is 0 Å². The van der Waals surface area contributed by atoms with Crippen molar-refractivity contribution in [2.75, 3.05) is 38.7 Å². The monoisotopic (exact) mass is 388 g/mol. The maximum atomic E-state index is 13.3. The van der Waals surface area contributed by atoms with Gasteiger partial charge in [0.05, 0.1) is 39.8 Å². The molecule has 1 aromatic carbocycles. The van der Waals surface area contributed by atoms with Crippen LogP contribution in [0.2, 0.25) is 0 Å². The lowest BCUT2D eigenvalue weighted by atomic mass is 10.2. The molecule has 4 rings (SSSR count). The fourth-order valence-electron chi connectivity index (χ4n) is 3.39. The lowest BCUT2D eigenvalue weighted by molar-refractivity contribution is -0.884. The number of aromatic nitrogens is 4. The average molecular weight is 388 g/mol. The summed E-state index contributed by atoms with van der Waals surface area (Å²) < 4.78 is 16.3. The van der Waals surface area contributed by atoms with Crippen LogP contribution in [-0.2, 0) is 13.6 Å². The number of rotatable bonds is 4. The maximum absolute atomic E-state index is 13.3. The summed E-state index contributed by atoms with van der Waals surface area (Å²) in [7, 11) is 3.72. The Hall–Kier alpha value is -2.98. The first kappa shape index (κ1) is 18.4. The summed E-state index contributed by atoms with van der Waals surface area (Å²) in [5, 5.41) is 2.06. The second kappa shape index (κ2) is 7.21. The van der Waals surface area contributed by atoms with E-state index in [1.54, 1.807) is 23.7 Å². The molecule has 148 valence electrons. The molecule has 2 aromatic heterocycles. The normalized spacial score (nSPS) is 16.0. The third-order valence-electron chi connectivity index (χ3n) is 5.14. The van der Waals surface area contributed by atoms with Gasteiger partial charge in [0.25, 0.3) is 5.56 Å². The molecule has 3 heterocycles. The van der Waals surface area contributed by atoms with Gasteiger partial charge < -0.3 is 4.90 Å². The lowest BCUT2D eigenvalue weighted by Gasteiger charge is -2.30. The van der Waals surface area contributed by atoms with Gasteiger partial charge in [-0.15, -0.1) is 0 Å². The molecule has 1 aliphatic rings. The molecule has 1 aliphatic heterocycles. The van der Waals surface area contributed by atoms with E-state index < -0.39 is 11.2 Å². The van der Waals surface area contributed by atoms with Crippen molar-refractivity contribution in [3.63, 3.8) is 0 Å². The Labute approximate surface area is 160 Å². The molecule has 0 saturated carbocycles. The van der Waals surface area contributed by atoms with E-state index in [0.29, 0.717) is 23.7 Å². The highest BCUT2D eigenvalue weighted by Crippen LogP contribution is 2.18. The van der Waals surface area contributed by atoms with Crippen molar-refractivity contribution in [3.05, 3.63) is 56.5 Å². The Balaban J connectivity index is 1.79. The van der Waals surface area contributed by atoms with E-state index in [1.807, 2.05) is 0 Å². The SMILES string of the molecule is Cn1c(=O)[nH]c(=O)c2c1nc(NN1CC[NH+](C)CC1)n2Cc1ccc(F)cc1. The molecular formula is C18H23FN7O2+. The number of benzene rings is 1. The summed E-state index contributed by atoms with van der Waals surface area (Å²) in [5.74, 6) is 0.156. The largest absolute Gasteiger partial charge is 0.335 e. The number of aromatic amines is 1. The summed E-state index contributed by atoms with van der Waals surface area (Å²) in [6, 6.07) is 6.09. The molecule has 0 spiro atoms. The molecule has 1 fully saturated rings. The molecule has 0 radical (unpaired) electrons. The molecule has 28 heavy (non-hydrogen) atoms. The first-order valence-corrected chi connectivity index (χ1v) is 9.19. The first-order chi connectivity index (χ1) is 13.4. The zero-order valence-corrected chi connectivity index (χ0v) is 15.8. The van der Waals surface area contributed by atoms with Crippen LogP contribution >= 0.6 is 0 Å². The minimum absolute atomic E-state index is 0.300. The van der Waals surface area contributed by atoms with Crippen LogP contribution < -0.4 is 21.6 Å². The van der Waals surface area contributed by atoms with Gasteiger partial charge in [0.15, 0.2) is 11.2 Å². The number of likely N-dealkylation sites (N-methyl/N-ethyl adjacent to an activating group) is 1. The Kier molecular flexibility index (Phi) is 4.73. The minimum Gasteiger partial charge on any atom is -0.335 e. The van der Waals surface area contributed by atoms with Gasteiger partial charge >= 0.3 is 5.69 Å². The first-order valence-electron chi connectivity index (χ1n) is 9.19. The van der Waals surface area contributed by atoms with Gasteiger partial charge in [-0.25, -0.2) is 14.2 Å². The van der Waals surface area contributed by atoms with Crippen LogP contribution in [0.3, 0.4) is 0 Å². The van der Waals surface area contributed by atoms with Gasteiger partial charge in [-0.05, 0) is 17.7 Å². The molecular weight excluding hydrogens is 365 g/mol. The van der Waals surface area contributed by atoms with Gasteiger partial charge in [-0.1, -0.05) is 12.1 Å². The fourth-order valence-corrected chi connectivity index (χ4v) is 3.39. The third kappa shape index (κ3) is 3.43. The highest BCUT2D eigenvalue weighted by atomic mass is 19.1. The van der Waals surface area contributed by atoms with Crippen molar-refractivity contribution in [2.45, 2.75) is 6.54 Å². The molecule has 1 saturated heterocycles. The van der Waals surface area contributed by atoms with Crippen LogP contribution in [-0.4, -0.2) is 57.3 Å². The zero-order chi connectivity index (χ0) is 19.8. The van der Waals surface area contributed by atoms with E-state index in [1.165, 1.54) is 21.6 Å². The van der Waals surface area contributed by atoms with Gasteiger partial charge in [0.1, 0.15) is 5.82 Å². The fraction of sp³-hybridized carbons (Fsp3) is 0.389. The van der Waals surface area contributed by atoms with Crippen molar-refractivity contribution in [1.82, 2.24) is 24.1 Å². The lowest BCUT2D eigenvalue weighted by Crippen LogP contribution is -3.12. The highest BCUT2D eigenvalue weighted by molar-refractivity contribution is 5.74. The summed E-state index contributed by atoms with van der Waals surface area (Å²) in [4.78, 5) is 32.8. The summed E-state index contributed by atoms with van der Waals surface area (Å²) in [5.41, 5.74) is 3.71. The highest BCUT2D eigenvalue weighted by Gasteiger charge is 2.22. The molecule has 10 heteroatoms. The Bertz CT molecular complexity index is 1110. The summed E-state index contributed by atoms with van der Waals surface area (Å²) in [6.45, 7) is 3.97. The second-order valence-electron chi connectivity index (χ2n) is 7.19. The number of hydrazine groups is 1. The summed E-state index contributed by atoms with van der Waals surface area (Å²) in [6.07, 6.45) is 0. The Morgan fingerprint density at radius 2 is 1.89 bits per heavy atom. The smallest absolute Gasteiger partial charge is 0.329 e. The third-order valence-corrected chi connectivity index (χ3v) is 5.14. The van der Waals surface area contributed by atoms with E-state index in [9.17, 15) is 14.0 Å². The number of nitrogens with one attached hydrogen (secondary N) is 3. The van der Waals surface area contributed by atoms with Crippen LogP contribution in [0.15, 0.2) is 33.9 Å². The van der Waals surface area contributed by atoms with Crippen molar-refractivity contribution in [3.8, 4) is 0 Å². The van der Waals surface area contributed by atoms with Crippen molar-refractivity contribution < 1.29 is 9.29 Å². The number of H-pyrrole nitrogens is 1. The van der Waals surface area contributed by atoms with Gasteiger partial charge in [-0.2, -0.15) is 4.98 Å². The number of halogens is 1. The van der Waals surface area contributed by atoms with E-state index in [0.717, 1.165) is 31.7 Å². The number of hydrogen-bond acceptors (Lipinski definition) is 5. The molecule has 0 bridgehead atoms. The predicted molar refractivity (Wildman–Crippen MR) is 103 cm³/mol. The molecule has 0 amide bonds. The zero-order valence-electron chi connectivity index (χ0n) is 15.8. The number of imidazole rings is 1. The second-order valence-corrected chi connectivity index (χ2v) is 7.19. The van der Waals surface area contributed by atoms with Gasteiger partial charge in [0.2, 0.25) is 5.95 Å². The predicted octanol–water partition coefficient (Wildman–Crippen LogP) is -1.23. The van der Waals surface area contributed by atoms with Crippen LogP contribution in [0.4, 0.5) is 10.3 Å². The number of quaternary nitrogens is 1. The number of fused-ring (bicyclic) bond motifs is 1. The number of piperazine rings is 1. The van der Waals surface area contributed by atoms with E-state index >= 15 is 0 Å². The van der Waals surface area contributed by atoms with Crippen LogP contribution in [0.1, 0.15) is 5.56 Å². The average Bonchev–Trinajstić information content (AvgIpc) is 3.02. The molecule has 9 nitrogen and oxygen atoms in total. The van der Waals surface area contributed by atoms with Gasteiger partial charge in [-0.3, -0.25) is 24.3 Å². The maximum Gasteiger partial charge on any atom is 0.329 e. The Morgan fingerprint density at radius 1 is 1.21 bits per heavy atom. The molecule has 3 aromatic rings. The quantitative estimate of drug-likeness (QED) is 0.521.